The topological polar surface area (TPSA) is 18.5 Å². The van der Waals surface area contributed by atoms with Crippen molar-refractivity contribution >= 4 is 19.8 Å². The average Bonchev–Trinajstić information content (AvgIpc) is 2.72. The van der Waals surface area contributed by atoms with Gasteiger partial charge in [0.25, 0.3) is 0 Å². The lowest BCUT2D eigenvalue weighted by Gasteiger charge is -2.27. The van der Waals surface area contributed by atoms with Crippen LogP contribution in [0.2, 0.25) is 0 Å². The molecule has 0 radical (unpaired) electrons. The molecule has 0 aliphatic rings. The van der Waals surface area contributed by atoms with Crippen LogP contribution in [0, 0.1) is 13.8 Å². The van der Waals surface area contributed by atoms with Crippen molar-refractivity contribution in [3.8, 4) is 22.6 Å². The van der Waals surface area contributed by atoms with Crippen molar-refractivity contribution in [2.45, 2.75) is 66.2 Å². The zero-order chi connectivity index (χ0) is 21.0. The van der Waals surface area contributed by atoms with Gasteiger partial charge in [-0.25, -0.2) is 0 Å². The van der Waals surface area contributed by atoms with E-state index in [1.807, 2.05) is 0 Å². The Balaban J connectivity index is 3.06. The predicted molar refractivity (Wildman–Crippen MR) is 126 cm³/mol. The Bertz CT molecular complexity index is 826. The number of hydrogen-bond donors (Lipinski definition) is 0. The normalized spacial score (nSPS) is 13.4. The van der Waals surface area contributed by atoms with E-state index >= 15 is 0 Å². The molecule has 0 saturated heterocycles. The zero-order valence-corrected chi connectivity index (χ0v) is 19.7. The molecule has 2 rings (SSSR count). The molecule has 0 aliphatic carbocycles. The van der Waals surface area contributed by atoms with Crippen molar-refractivity contribution in [1.29, 1.82) is 0 Å². The van der Waals surface area contributed by atoms with Crippen LogP contribution < -0.4 is 14.8 Å². The van der Waals surface area contributed by atoms with Crippen molar-refractivity contribution in [2.24, 2.45) is 0 Å². The van der Waals surface area contributed by atoms with Gasteiger partial charge in [0.2, 0.25) is 0 Å². The Morgan fingerprint density at radius 2 is 1.32 bits per heavy atom. The molecular formula is C25H35O2P. The van der Waals surface area contributed by atoms with E-state index in [4.69, 9.17) is 9.47 Å². The third kappa shape index (κ3) is 3.85. The van der Waals surface area contributed by atoms with E-state index in [0.717, 1.165) is 43.7 Å². The van der Waals surface area contributed by atoms with Crippen molar-refractivity contribution in [2.75, 3.05) is 14.2 Å². The second-order valence-corrected chi connectivity index (χ2v) is 8.39. The maximum absolute atomic E-state index is 5.81. The van der Waals surface area contributed by atoms with Crippen molar-refractivity contribution < 1.29 is 9.47 Å². The van der Waals surface area contributed by atoms with E-state index < -0.39 is 0 Å². The lowest BCUT2D eigenvalue weighted by Crippen LogP contribution is -2.14. The van der Waals surface area contributed by atoms with Gasteiger partial charge in [-0.2, -0.15) is 0 Å². The van der Waals surface area contributed by atoms with Gasteiger partial charge in [-0.05, 0) is 55.2 Å². The molecule has 0 saturated carbocycles. The molecule has 2 unspecified atom stereocenters. The van der Waals surface area contributed by atoms with Crippen LogP contribution in [0.15, 0.2) is 18.2 Å². The monoisotopic (exact) mass is 398 g/mol. The number of methoxy groups -OCH3 is 2. The minimum atomic E-state index is 0.487. The number of rotatable bonds is 8. The molecular weight excluding hydrogens is 363 g/mol. The first-order valence-corrected chi connectivity index (χ1v) is 11.3. The molecule has 0 N–H and O–H groups in total. The highest BCUT2D eigenvalue weighted by atomic mass is 31.1. The Morgan fingerprint density at radius 1 is 0.857 bits per heavy atom. The largest absolute Gasteiger partial charge is 0.493 e. The summed E-state index contributed by atoms with van der Waals surface area (Å²) >= 11 is 0. The summed E-state index contributed by atoms with van der Waals surface area (Å²) in [5.74, 6) is 2.62. The molecule has 3 heteroatoms. The fourth-order valence-electron chi connectivity index (χ4n) is 4.06. The van der Waals surface area contributed by atoms with E-state index in [9.17, 15) is 0 Å². The summed E-state index contributed by atoms with van der Waals surface area (Å²) in [6, 6.07) is 6.81. The highest BCUT2D eigenvalue weighted by Crippen LogP contribution is 2.45. The van der Waals surface area contributed by atoms with E-state index in [1.165, 1.54) is 27.6 Å². The number of benzene rings is 2. The van der Waals surface area contributed by atoms with Gasteiger partial charge in [0.05, 0.1) is 14.2 Å². The van der Waals surface area contributed by atoms with Gasteiger partial charge in [-0.3, -0.25) is 0 Å². The predicted octanol–water partition coefficient (Wildman–Crippen LogP) is 7.02. The molecule has 0 amide bonds. The van der Waals surface area contributed by atoms with Crippen LogP contribution in [-0.2, 0) is 0 Å². The van der Waals surface area contributed by atoms with Crippen molar-refractivity contribution in [1.82, 2.24) is 0 Å². The van der Waals surface area contributed by atoms with E-state index in [2.05, 4.69) is 66.0 Å². The number of ether oxygens (including phenoxy) is 2. The molecule has 2 aromatic carbocycles. The molecule has 2 nitrogen and oxygen atoms in total. The van der Waals surface area contributed by atoms with Crippen molar-refractivity contribution in [3.63, 3.8) is 0 Å². The fraction of sp³-hybridized carbons (Fsp3) is 0.480. The van der Waals surface area contributed by atoms with Crippen LogP contribution in [0.5, 0.6) is 11.5 Å². The first-order chi connectivity index (χ1) is 13.4. The molecule has 152 valence electrons. The van der Waals surface area contributed by atoms with Gasteiger partial charge in [0, 0.05) is 22.0 Å². The van der Waals surface area contributed by atoms with Gasteiger partial charge in [0.1, 0.15) is 0 Å². The zero-order valence-electron chi connectivity index (χ0n) is 18.8. The van der Waals surface area contributed by atoms with Gasteiger partial charge in [-0.15, -0.1) is 0 Å². The van der Waals surface area contributed by atoms with Crippen LogP contribution >= 0.6 is 8.20 Å². The van der Waals surface area contributed by atoms with E-state index in [-0.39, 0.29) is 0 Å². The highest BCUT2D eigenvalue weighted by molar-refractivity contribution is 7.46. The molecule has 2 atom stereocenters. The third-order valence-corrected chi connectivity index (χ3v) is 6.96. The average molecular weight is 399 g/mol. The standard InChI is InChI=1S/C25H35O2P/c1-10-15(3)19-13-12-14-20(16(4)11-2)22(19)21-17(5)23(26-7)24(27-8)18(6)25(21)28-9/h12-16H,9-11H2,1-8H3. The fourth-order valence-corrected chi connectivity index (χ4v) is 4.84. The third-order valence-electron chi connectivity index (χ3n) is 6.09. The summed E-state index contributed by atoms with van der Waals surface area (Å²) in [5.41, 5.74) is 7.74. The van der Waals surface area contributed by atoms with Crippen LogP contribution in [0.3, 0.4) is 0 Å². The summed E-state index contributed by atoms with van der Waals surface area (Å²) in [5, 5.41) is 1.23. The van der Waals surface area contributed by atoms with Gasteiger partial charge in [-0.1, -0.05) is 60.4 Å². The Hall–Kier alpha value is -1.79. The minimum absolute atomic E-state index is 0.487. The van der Waals surface area contributed by atoms with Crippen LogP contribution in [0.1, 0.15) is 74.6 Å². The SMILES string of the molecule is C=Pc1c(C)c(OC)c(OC)c(C)c1-c1c(C(C)CC)cccc1C(C)CC. The molecule has 0 aliphatic heterocycles. The Labute approximate surface area is 173 Å². The van der Waals surface area contributed by atoms with Gasteiger partial charge in [0.15, 0.2) is 11.5 Å². The van der Waals surface area contributed by atoms with E-state index in [1.54, 1.807) is 14.2 Å². The lowest BCUT2D eigenvalue weighted by molar-refractivity contribution is 0.351. The smallest absolute Gasteiger partial charge is 0.164 e. The Kier molecular flexibility index (Phi) is 7.72. The van der Waals surface area contributed by atoms with Gasteiger partial charge >= 0.3 is 0 Å². The molecule has 0 aromatic heterocycles. The maximum atomic E-state index is 5.81. The molecule has 28 heavy (non-hydrogen) atoms. The van der Waals surface area contributed by atoms with Gasteiger partial charge < -0.3 is 9.47 Å². The lowest BCUT2D eigenvalue weighted by atomic mass is 9.81. The van der Waals surface area contributed by atoms with Crippen LogP contribution in [-0.4, -0.2) is 20.5 Å². The second kappa shape index (κ2) is 9.61. The first-order valence-electron chi connectivity index (χ1n) is 10.2. The summed E-state index contributed by atoms with van der Waals surface area (Å²) < 4.78 is 11.5. The summed E-state index contributed by atoms with van der Waals surface area (Å²) in [4.78, 5) is 0. The minimum Gasteiger partial charge on any atom is -0.493 e. The summed E-state index contributed by atoms with van der Waals surface area (Å²) in [6.07, 6.45) is 6.46. The molecule has 0 spiro atoms. The quantitative estimate of drug-likeness (QED) is 0.445. The summed E-state index contributed by atoms with van der Waals surface area (Å²) in [7, 11) is 4.44. The highest BCUT2D eigenvalue weighted by Gasteiger charge is 2.26. The van der Waals surface area contributed by atoms with Crippen LogP contribution in [0.25, 0.3) is 11.1 Å². The number of hydrogen-bond acceptors (Lipinski definition) is 2. The van der Waals surface area contributed by atoms with E-state index in [0.29, 0.717) is 11.8 Å². The molecule has 0 bridgehead atoms. The van der Waals surface area contributed by atoms with Crippen molar-refractivity contribution in [3.05, 3.63) is 40.5 Å². The van der Waals surface area contributed by atoms with Crippen LogP contribution in [0.4, 0.5) is 0 Å². The first kappa shape index (κ1) is 22.5. The Morgan fingerprint density at radius 3 is 1.71 bits per heavy atom. The maximum Gasteiger partial charge on any atom is 0.164 e. The summed E-state index contributed by atoms with van der Waals surface area (Å²) in [6.45, 7) is 13.4. The molecule has 2 aromatic rings. The second-order valence-electron chi connectivity index (χ2n) is 7.63. The molecule has 0 heterocycles. The molecule has 0 fully saturated rings.